The fourth-order valence-electron chi connectivity index (χ4n) is 1.56. The van der Waals surface area contributed by atoms with Crippen molar-refractivity contribution in [2.45, 2.75) is 25.0 Å². The number of hydrogen-bond donors (Lipinski definition) is 1. The zero-order valence-corrected chi connectivity index (χ0v) is 7.73. The topological polar surface area (TPSA) is 34.1 Å². The number of anilines is 1. The van der Waals surface area contributed by atoms with E-state index in [9.17, 15) is 0 Å². The van der Waals surface area contributed by atoms with E-state index in [0.717, 1.165) is 18.5 Å². The molecule has 0 amide bonds. The number of methoxy groups -OCH3 is 1. The highest BCUT2D eigenvalue weighted by molar-refractivity contribution is 5.41. The summed E-state index contributed by atoms with van der Waals surface area (Å²) in [6, 6.07) is 4.54. The molecule has 1 saturated carbocycles. The molecular weight excluding hydrogens is 164 g/mol. The molecule has 1 aliphatic rings. The van der Waals surface area contributed by atoms with Crippen LogP contribution >= 0.6 is 0 Å². The van der Waals surface area contributed by atoms with E-state index in [1.54, 1.807) is 13.3 Å². The van der Waals surface area contributed by atoms with Crippen LogP contribution in [0.1, 0.15) is 12.8 Å². The van der Waals surface area contributed by atoms with Crippen LogP contribution in [0.3, 0.4) is 0 Å². The van der Waals surface area contributed by atoms with Gasteiger partial charge in [0.1, 0.15) is 0 Å². The van der Waals surface area contributed by atoms with Gasteiger partial charge in [0.05, 0.1) is 11.8 Å². The summed E-state index contributed by atoms with van der Waals surface area (Å²) in [5.41, 5.74) is 1.10. The van der Waals surface area contributed by atoms with Crippen LogP contribution in [-0.2, 0) is 4.74 Å². The Bertz CT molecular complexity index is 257. The second kappa shape index (κ2) is 3.75. The van der Waals surface area contributed by atoms with E-state index in [1.165, 1.54) is 0 Å². The zero-order valence-electron chi connectivity index (χ0n) is 7.73. The summed E-state index contributed by atoms with van der Waals surface area (Å²) >= 11 is 0. The summed E-state index contributed by atoms with van der Waals surface area (Å²) in [5, 5.41) is 3.40. The van der Waals surface area contributed by atoms with Crippen molar-refractivity contribution in [2.75, 3.05) is 12.4 Å². The molecule has 0 bridgehead atoms. The van der Waals surface area contributed by atoms with Gasteiger partial charge in [0.15, 0.2) is 0 Å². The lowest BCUT2D eigenvalue weighted by Gasteiger charge is -2.35. The maximum Gasteiger partial charge on any atom is 0.0610 e. The lowest BCUT2D eigenvalue weighted by Crippen LogP contribution is -2.40. The Balaban J connectivity index is 1.81. The lowest BCUT2D eigenvalue weighted by molar-refractivity contribution is 0.0328. The number of rotatable bonds is 3. The molecule has 1 fully saturated rings. The highest BCUT2D eigenvalue weighted by Crippen LogP contribution is 2.25. The second-order valence-electron chi connectivity index (χ2n) is 3.41. The van der Waals surface area contributed by atoms with E-state index in [1.807, 2.05) is 18.3 Å². The van der Waals surface area contributed by atoms with Crippen molar-refractivity contribution in [3.05, 3.63) is 24.5 Å². The van der Waals surface area contributed by atoms with E-state index < -0.39 is 0 Å². The minimum atomic E-state index is 0.453. The van der Waals surface area contributed by atoms with Crippen LogP contribution in [0.5, 0.6) is 0 Å². The van der Waals surface area contributed by atoms with E-state index in [2.05, 4.69) is 10.3 Å². The first-order valence-electron chi connectivity index (χ1n) is 4.58. The van der Waals surface area contributed by atoms with Gasteiger partial charge in [-0.2, -0.15) is 0 Å². The number of aromatic nitrogens is 1. The molecule has 2 rings (SSSR count). The third-order valence-electron chi connectivity index (χ3n) is 2.46. The van der Waals surface area contributed by atoms with Crippen LogP contribution < -0.4 is 5.32 Å². The van der Waals surface area contributed by atoms with Crippen molar-refractivity contribution in [1.82, 2.24) is 4.98 Å². The Morgan fingerprint density at radius 2 is 2.38 bits per heavy atom. The average molecular weight is 178 g/mol. The first-order valence-corrected chi connectivity index (χ1v) is 4.58. The molecular formula is C10H14N2O. The predicted octanol–water partition coefficient (Wildman–Crippen LogP) is 1.67. The Hall–Kier alpha value is -1.09. The molecule has 0 saturated heterocycles. The molecule has 0 atom stereocenters. The van der Waals surface area contributed by atoms with Crippen molar-refractivity contribution in [2.24, 2.45) is 0 Å². The Labute approximate surface area is 78.1 Å². The van der Waals surface area contributed by atoms with E-state index in [4.69, 9.17) is 4.74 Å². The third kappa shape index (κ3) is 1.98. The molecule has 1 aromatic heterocycles. The summed E-state index contributed by atoms with van der Waals surface area (Å²) < 4.78 is 5.20. The molecule has 0 unspecified atom stereocenters. The van der Waals surface area contributed by atoms with Gasteiger partial charge in [-0.25, -0.2) is 0 Å². The van der Waals surface area contributed by atoms with Crippen LogP contribution in [0.15, 0.2) is 24.5 Å². The van der Waals surface area contributed by atoms with Crippen LogP contribution in [0.25, 0.3) is 0 Å². The molecule has 1 aliphatic carbocycles. The first kappa shape index (κ1) is 8.51. The summed E-state index contributed by atoms with van der Waals surface area (Å²) in [5.74, 6) is 0. The van der Waals surface area contributed by atoms with Crippen LogP contribution in [0.4, 0.5) is 5.69 Å². The molecule has 0 aromatic carbocycles. The van der Waals surface area contributed by atoms with Gasteiger partial charge in [-0.1, -0.05) is 0 Å². The van der Waals surface area contributed by atoms with E-state index in [0.29, 0.717) is 12.1 Å². The molecule has 3 nitrogen and oxygen atoms in total. The minimum Gasteiger partial charge on any atom is -0.381 e. The fraction of sp³-hybridized carbons (Fsp3) is 0.500. The molecule has 0 spiro atoms. The van der Waals surface area contributed by atoms with Gasteiger partial charge in [-0.15, -0.1) is 0 Å². The van der Waals surface area contributed by atoms with Crippen LogP contribution in [-0.4, -0.2) is 24.2 Å². The predicted molar refractivity (Wildman–Crippen MR) is 51.7 cm³/mol. The SMILES string of the molecule is COC1CC(Nc2cccnc2)C1. The van der Waals surface area contributed by atoms with Gasteiger partial charge in [-0.3, -0.25) is 4.98 Å². The average Bonchev–Trinajstić information content (AvgIpc) is 2.12. The fourth-order valence-corrected chi connectivity index (χ4v) is 1.56. The number of hydrogen-bond acceptors (Lipinski definition) is 3. The van der Waals surface area contributed by atoms with Gasteiger partial charge in [0.25, 0.3) is 0 Å². The smallest absolute Gasteiger partial charge is 0.0610 e. The van der Waals surface area contributed by atoms with Crippen molar-refractivity contribution in [1.29, 1.82) is 0 Å². The van der Waals surface area contributed by atoms with Gasteiger partial charge < -0.3 is 10.1 Å². The normalized spacial score (nSPS) is 26.5. The summed E-state index contributed by atoms with van der Waals surface area (Å²) in [4.78, 5) is 4.04. The summed E-state index contributed by atoms with van der Waals surface area (Å²) in [6.07, 6.45) is 6.29. The summed E-state index contributed by atoms with van der Waals surface area (Å²) in [6.45, 7) is 0. The third-order valence-corrected chi connectivity index (χ3v) is 2.46. The van der Waals surface area contributed by atoms with Gasteiger partial charge >= 0.3 is 0 Å². The van der Waals surface area contributed by atoms with Crippen molar-refractivity contribution in [3.8, 4) is 0 Å². The molecule has 0 aliphatic heterocycles. The first-order chi connectivity index (χ1) is 6.38. The molecule has 0 radical (unpaired) electrons. The van der Waals surface area contributed by atoms with Gasteiger partial charge in [-0.05, 0) is 25.0 Å². The van der Waals surface area contributed by atoms with Crippen molar-refractivity contribution < 1.29 is 4.74 Å². The maximum absolute atomic E-state index is 5.20. The van der Waals surface area contributed by atoms with E-state index in [-0.39, 0.29) is 0 Å². The quantitative estimate of drug-likeness (QED) is 0.764. The molecule has 70 valence electrons. The monoisotopic (exact) mass is 178 g/mol. The summed E-state index contributed by atoms with van der Waals surface area (Å²) in [7, 11) is 1.77. The molecule has 13 heavy (non-hydrogen) atoms. The molecule has 3 heteroatoms. The van der Waals surface area contributed by atoms with Crippen LogP contribution in [0, 0.1) is 0 Å². The Morgan fingerprint density at radius 3 is 3.00 bits per heavy atom. The highest BCUT2D eigenvalue weighted by Gasteiger charge is 2.28. The Kier molecular flexibility index (Phi) is 2.45. The maximum atomic E-state index is 5.20. The van der Waals surface area contributed by atoms with Gasteiger partial charge in [0.2, 0.25) is 0 Å². The standard InChI is InChI=1S/C10H14N2O/c1-13-10-5-9(6-10)12-8-3-2-4-11-7-8/h2-4,7,9-10,12H,5-6H2,1H3. The Morgan fingerprint density at radius 1 is 1.54 bits per heavy atom. The lowest BCUT2D eigenvalue weighted by atomic mass is 9.89. The number of nitrogens with one attached hydrogen (secondary N) is 1. The molecule has 1 heterocycles. The number of nitrogens with zero attached hydrogens (tertiary/aromatic N) is 1. The highest BCUT2D eigenvalue weighted by atomic mass is 16.5. The molecule has 1 aromatic rings. The molecule has 1 N–H and O–H groups in total. The largest absolute Gasteiger partial charge is 0.381 e. The number of ether oxygens (including phenoxy) is 1. The van der Waals surface area contributed by atoms with E-state index >= 15 is 0 Å². The van der Waals surface area contributed by atoms with Crippen molar-refractivity contribution in [3.63, 3.8) is 0 Å². The van der Waals surface area contributed by atoms with Gasteiger partial charge in [0, 0.05) is 25.5 Å². The second-order valence-corrected chi connectivity index (χ2v) is 3.41. The number of pyridine rings is 1. The van der Waals surface area contributed by atoms with Crippen molar-refractivity contribution >= 4 is 5.69 Å². The van der Waals surface area contributed by atoms with Crippen LogP contribution in [0.2, 0.25) is 0 Å². The minimum absolute atomic E-state index is 0.453. The zero-order chi connectivity index (χ0) is 9.10.